The van der Waals surface area contributed by atoms with Crippen molar-refractivity contribution in [3.63, 3.8) is 0 Å². The molecule has 0 aromatic heterocycles. The number of ether oxygens (including phenoxy) is 1. The van der Waals surface area contributed by atoms with E-state index in [1.54, 1.807) is 0 Å². The topological polar surface area (TPSA) is 29.5 Å². The predicted molar refractivity (Wildman–Crippen MR) is 53.6 cm³/mol. The maximum Gasteiger partial charge on any atom is 0.319 e. The van der Waals surface area contributed by atoms with Crippen LogP contribution in [0.5, 0.6) is 0 Å². The molecule has 1 atom stereocenters. The number of hydrogen-bond acceptors (Lipinski definition) is 3. The summed E-state index contributed by atoms with van der Waals surface area (Å²) in [5, 5.41) is 0. The molecule has 0 saturated heterocycles. The molecular weight excluding hydrogens is 166 g/mol. The van der Waals surface area contributed by atoms with Gasteiger partial charge in [-0.3, -0.25) is 9.69 Å². The third-order valence-corrected chi connectivity index (χ3v) is 2.32. The van der Waals surface area contributed by atoms with Crippen molar-refractivity contribution in [3.8, 4) is 0 Å². The standard InChI is InChI=1S/C10H21NO2/c1-5-7-9(6-2)11(3)8-10(12)13-4/h9H,5-8H2,1-4H3. The summed E-state index contributed by atoms with van der Waals surface area (Å²) < 4.78 is 4.61. The average molecular weight is 187 g/mol. The Morgan fingerprint density at radius 1 is 1.46 bits per heavy atom. The third kappa shape index (κ3) is 4.88. The molecule has 3 nitrogen and oxygen atoms in total. The van der Waals surface area contributed by atoms with Crippen molar-refractivity contribution in [3.05, 3.63) is 0 Å². The highest BCUT2D eigenvalue weighted by Crippen LogP contribution is 2.08. The van der Waals surface area contributed by atoms with Crippen LogP contribution in [0.3, 0.4) is 0 Å². The zero-order valence-electron chi connectivity index (χ0n) is 9.17. The Hall–Kier alpha value is -0.570. The minimum absolute atomic E-state index is 0.156. The molecule has 0 radical (unpaired) electrons. The molecule has 0 aliphatic carbocycles. The van der Waals surface area contributed by atoms with Gasteiger partial charge < -0.3 is 4.74 Å². The molecule has 0 spiro atoms. The van der Waals surface area contributed by atoms with Crippen molar-refractivity contribution in [2.45, 2.75) is 39.2 Å². The van der Waals surface area contributed by atoms with Gasteiger partial charge in [0.05, 0.1) is 13.7 Å². The van der Waals surface area contributed by atoms with Gasteiger partial charge in [0, 0.05) is 6.04 Å². The van der Waals surface area contributed by atoms with Crippen LogP contribution in [0.1, 0.15) is 33.1 Å². The SMILES string of the molecule is CCCC(CC)N(C)CC(=O)OC. The lowest BCUT2D eigenvalue weighted by Gasteiger charge is -2.25. The van der Waals surface area contributed by atoms with E-state index in [4.69, 9.17) is 0 Å². The summed E-state index contributed by atoms with van der Waals surface area (Å²) in [6.07, 6.45) is 3.38. The summed E-state index contributed by atoms with van der Waals surface area (Å²) in [4.78, 5) is 13.0. The van der Waals surface area contributed by atoms with E-state index in [2.05, 4.69) is 23.5 Å². The van der Waals surface area contributed by atoms with E-state index in [9.17, 15) is 4.79 Å². The zero-order valence-corrected chi connectivity index (χ0v) is 9.17. The summed E-state index contributed by atoms with van der Waals surface area (Å²) in [6.45, 7) is 4.71. The molecule has 0 heterocycles. The molecule has 0 aromatic rings. The fourth-order valence-corrected chi connectivity index (χ4v) is 1.47. The van der Waals surface area contributed by atoms with Gasteiger partial charge in [-0.05, 0) is 19.9 Å². The van der Waals surface area contributed by atoms with Gasteiger partial charge in [-0.2, -0.15) is 0 Å². The Morgan fingerprint density at radius 2 is 2.08 bits per heavy atom. The van der Waals surface area contributed by atoms with Crippen molar-refractivity contribution < 1.29 is 9.53 Å². The van der Waals surface area contributed by atoms with Gasteiger partial charge in [0.25, 0.3) is 0 Å². The minimum Gasteiger partial charge on any atom is -0.468 e. The van der Waals surface area contributed by atoms with Gasteiger partial charge in [-0.15, -0.1) is 0 Å². The van der Waals surface area contributed by atoms with Gasteiger partial charge in [0.1, 0.15) is 0 Å². The summed E-state index contributed by atoms with van der Waals surface area (Å²) in [5.41, 5.74) is 0. The molecule has 1 unspecified atom stereocenters. The van der Waals surface area contributed by atoms with Crippen LogP contribution >= 0.6 is 0 Å². The zero-order chi connectivity index (χ0) is 10.3. The fraction of sp³-hybridized carbons (Fsp3) is 0.900. The highest BCUT2D eigenvalue weighted by atomic mass is 16.5. The Kier molecular flexibility index (Phi) is 6.59. The lowest BCUT2D eigenvalue weighted by molar-refractivity contribution is -0.142. The lowest BCUT2D eigenvalue weighted by atomic mass is 10.1. The number of carbonyl (C=O) groups is 1. The van der Waals surface area contributed by atoms with E-state index in [-0.39, 0.29) is 5.97 Å². The van der Waals surface area contributed by atoms with E-state index in [0.717, 1.165) is 19.3 Å². The van der Waals surface area contributed by atoms with E-state index >= 15 is 0 Å². The predicted octanol–water partition coefficient (Wildman–Crippen LogP) is 1.67. The second kappa shape index (κ2) is 6.89. The Labute approximate surface area is 81.1 Å². The Balaban J connectivity index is 3.89. The number of carbonyl (C=O) groups excluding carboxylic acids is 1. The minimum atomic E-state index is -0.156. The number of esters is 1. The lowest BCUT2D eigenvalue weighted by Crippen LogP contribution is -2.35. The van der Waals surface area contributed by atoms with Crippen LogP contribution in [0, 0.1) is 0 Å². The molecular formula is C10H21NO2. The van der Waals surface area contributed by atoms with Gasteiger partial charge in [0.15, 0.2) is 0 Å². The first-order valence-electron chi connectivity index (χ1n) is 4.92. The van der Waals surface area contributed by atoms with Crippen LogP contribution in [-0.2, 0) is 9.53 Å². The number of methoxy groups -OCH3 is 1. The molecule has 0 fully saturated rings. The van der Waals surface area contributed by atoms with Crippen molar-refractivity contribution >= 4 is 5.97 Å². The molecule has 0 bridgehead atoms. The molecule has 0 rings (SSSR count). The van der Waals surface area contributed by atoms with Crippen LogP contribution in [0.2, 0.25) is 0 Å². The second-order valence-corrected chi connectivity index (χ2v) is 3.34. The van der Waals surface area contributed by atoms with E-state index in [1.807, 2.05) is 7.05 Å². The van der Waals surface area contributed by atoms with Gasteiger partial charge in [-0.25, -0.2) is 0 Å². The number of nitrogens with zero attached hydrogens (tertiary/aromatic N) is 1. The van der Waals surface area contributed by atoms with Crippen LogP contribution in [0.4, 0.5) is 0 Å². The average Bonchev–Trinajstić information content (AvgIpc) is 2.13. The first-order valence-corrected chi connectivity index (χ1v) is 4.92. The normalized spacial score (nSPS) is 13.0. The smallest absolute Gasteiger partial charge is 0.319 e. The number of rotatable bonds is 6. The van der Waals surface area contributed by atoms with Crippen LogP contribution in [0.25, 0.3) is 0 Å². The highest BCUT2D eigenvalue weighted by molar-refractivity contribution is 5.71. The summed E-state index contributed by atoms with van der Waals surface area (Å²) in [6, 6.07) is 0.504. The quantitative estimate of drug-likeness (QED) is 0.592. The van der Waals surface area contributed by atoms with E-state index < -0.39 is 0 Å². The molecule has 13 heavy (non-hydrogen) atoms. The third-order valence-electron chi connectivity index (χ3n) is 2.32. The van der Waals surface area contributed by atoms with E-state index in [1.165, 1.54) is 7.11 Å². The molecule has 78 valence electrons. The van der Waals surface area contributed by atoms with Crippen molar-refractivity contribution in [1.82, 2.24) is 4.90 Å². The molecule has 0 aliphatic heterocycles. The molecule has 0 amide bonds. The largest absolute Gasteiger partial charge is 0.468 e. The molecule has 0 saturated carbocycles. The Morgan fingerprint density at radius 3 is 2.46 bits per heavy atom. The van der Waals surface area contributed by atoms with Crippen LogP contribution in [0.15, 0.2) is 0 Å². The first-order chi connectivity index (χ1) is 6.15. The number of likely N-dealkylation sites (N-methyl/N-ethyl adjacent to an activating group) is 1. The highest BCUT2D eigenvalue weighted by Gasteiger charge is 2.14. The van der Waals surface area contributed by atoms with Crippen molar-refractivity contribution in [1.29, 1.82) is 0 Å². The molecule has 3 heteroatoms. The summed E-state index contributed by atoms with van der Waals surface area (Å²) >= 11 is 0. The Bertz CT molecular complexity index is 148. The van der Waals surface area contributed by atoms with E-state index in [0.29, 0.717) is 12.6 Å². The van der Waals surface area contributed by atoms with Gasteiger partial charge in [0.2, 0.25) is 0 Å². The van der Waals surface area contributed by atoms with Crippen molar-refractivity contribution in [2.75, 3.05) is 20.7 Å². The molecule has 0 aromatic carbocycles. The molecule has 0 aliphatic rings. The maximum absolute atomic E-state index is 11.0. The monoisotopic (exact) mass is 187 g/mol. The summed E-state index contributed by atoms with van der Waals surface area (Å²) in [7, 11) is 3.40. The summed E-state index contributed by atoms with van der Waals surface area (Å²) in [5.74, 6) is -0.156. The number of hydrogen-bond donors (Lipinski definition) is 0. The second-order valence-electron chi connectivity index (χ2n) is 3.34. The van der Waals surface area contributed by atoms with Gasteiger partial charge >= 0.3 is 5.97 Å². The van der Waals surface area contributed by atoms with Crippen LogP contribution in [-0.4, -0.2) is 37.6 Å². The van der Waals surface area contributed by atoms with Gasteiger partial charge in [-0.1, -0.05) is 20.3 Å². The van der Waals surface area contributed by atoms with Crippen molar-refractivity contribution in [2.24, 2.45) is 0 Å². The first kappa shape index (κ1) is 12.4. The maximum atomic E-state index is 11.0. The fourth-order valence-electron chi connectivity index (χ4n) is 1.47. The van der Waals surface area contributed by atoms with Crippen LogP contribution < -0.4 is 0 Å². The molecule has 0 N–H and O–H groups in total.